The van der Waals surface area contributed by atoms with E-state index in [0.717, 1.165) is 6.42 Å². The molecule has 0 saturated carbocycles. The number of urea groups is 1. The average molecular weight is 268 g/mol. The maximum Gasteiger partial charge on any atom is 0.331 e. The van der Waals surface area contributed by atoms with Gasteiger partial charge in [-0.25, -0.2) is 4.79 Å². The average Bonchev–Trinajstić information content (AvgIpc) is 2.80. The Morgan fingerprint density at radius 2 is 1.95 bits per heavy atom. The maximum atomic E-state index is 12.4. The molecule has 0 aliphatic carbocycles. The summed E-state index contributed by atoms with van der Waals surface area (Å²) in [5.74, 6) is -1.63. The zero-order valence-electron chi connectivity index (χ0n) is 11.5. The topological polar surface area (TPSA) is 75.7 Å². The van der Waals surface area contributed by atoms with Gasteiger partial charge in [-0.15, -0.1) is 0 Å². The summed E-state index contributed by atoms with van der Waals surface area (Å²) in [6.07, 6.45) is 0.832. The molecule has 2 rings (SSSR count). The van der Waals surface area contributed by atoms with Crippen molar-refractivity contribution in [2.24, 2.45) is 17.8 Å². The second-order valence-corrected chi connectivity index (χ2v) is 5.59. The van der Waals surface area contributed by atoms with Crippen LogP contribution in [0, 0.1) is 17.8 Å². The summed E-state index contributed by atoms with van der Waals surface area (Å²) < 4.78 is 5.30. The number of amides is 4. The van der Waals surface area contributed by atoms with Gasteiger partial charge < -0.3 is 4.74 Å². The van der Waals surface area contributed by atoms with E-state index < -0.39 is 17.9 Å². The van der Waals surface area contributed by atoms with E-state index in [2.05, 4.69) is 5.32 Å². The Morgan fingerprint density at radius 3 is 2.47 bits per heavy atom. The molecule has 0 aromatic heterocycles. The van der Waals surface area contributed by atoms with Crippen LogP contribution in [0.25, 0.3) is 0 Å². The van der Waals surface area contributed by atoms with Crippen LogP contribution < -0.4 is 5.32 Å². The van der Waals surface area contributed by atoms with Crippen LogP contribution in [-0.2, 0) is 14.3 Å². The first-order valence-electron chi connectivity index (χ1n) is 6.69. The summed E-state index contributed by atoms with van der Waals surface area (Å²) in [6.45, 7) is 6.66. The third-order valence-electron chi connectivity index (χ3n) is 3.96. The standard InChI is InChI=1S/C13H20N2O4/c1-7(2)10-11(16)14-13(18)15(12(10)17)8(3)9-4-5-19-6-9/h7-10H,4-6H2,1-3H3,(H,14,16,18). The first-order chi connectivity index (χ1) is 8.93. The third kappa shape index (κ3) is 2.49. The molecular weight excluding hydrogens is 248 g/mol. The second kappa shape index (κ2) is 5.28. The number of rotatable bonds is 3. The minimum atomic E-state index is -0.775. The van der Waals surface area contributed by atoms with Gasteiger partial charge in [0.25, 0.3) is 0 Å². The Morgan fingerprint density at radius 1 is 1.26 bits per heavy atom. The van der Waals surface area contributed by atoms with Crippen LogP contribution in [0.4, 0.5) is 4.79 Å². The van der Waals surface area contributed by atoms with E-state index in [9.17, 15) is 14.4 Å². The molecule has 2 aliphatic heterocycles. The molecule has 2 fully saturated rings. The molecule has 4 amide bonds. The molecule has 0 spiro atoms. The lowest BCUT2D eigenvalue weighted by Crippen LogP contribution is -2.62. The maximum absolute atomic E-state index is 12.4. The van der Waals surface area contributed by atoms with Crippen LogP contribution in [0.15, 0.2) is 0 Å². The van der Waals surface area contributed by atoms with Gasteiger partial charge in [0.1, 0.15) is 5.92 Å². The highest BCUT2D eigenvalue weighted by atomic mass is 16.5. The molecule has 19 heavy (non-hydrogen) atoms. The molecular formula is C13H20N2O4. The van der Waals surface area contributed by atoms with Crippen molar-refractivity contribution in [1.82, 2.24) is 10.2 Å². The molecule has 0 aromatic carbocycles. The van der Waals surface area contributed by atoms with E-state index in [1.54, 1.807) is 13.8 Å². The zero-order valence-corrected chi connectivity index (χ0v) is 11.5. The largest absolute Gasteiger partial charge is 0.381 e. The first-order valence-corrected chi connectivity index (χ1v) is 6.69. The van der Waals surface area contributed by atoms with Gasteiger partial charge in [0.2, 0.25) is 11.8 Å². The van der Waals surface area contributed by atoms with Crippen LogP contribution in [0.1, 0.15) is 27.2 Å². The van der Waals surface area contributed by atoms with Crippen molar-refractivity contribution in [3.05, 3.63) is 0 Å². The first kappa shape index (κ1) is 14.0. The summed E-state index contributed by atoms with van der Waals surface area (Å²) in [4.78, 5) is 37.2. The van der Waals surface area contributed by atoms with Gasteiger partial charge in [-0.2, -0.15) is 0 Å². The molecule has 3 unspecified atom stereocenters. The summed E-state index contributed by atoms with van der Waals surface area (Å²) in [6, 6.07) is -0.851. The number of hydrogen-bond donors (Lipinski definition) is 1. The molecule has 2 aliphatic rings. The molecule has 1 N–H and O–H groups in total. The van der Waals surface area contributed by atoms with E-state index in [1.165, 1.54) is 4.90 Å². The van der Waals surface area contributed by atoms with E-state index in [-0.39, 0.29) is 23.8 Å². The fourth-order valence-electron chi connectivity index (χ4n) is 2.72. The summed E-state index contributed by atoms with van der Waals surface area (Å²) in [5, 5.41) is 2.28. The lowest BCUT2D eigenvalue weighted by molar-refractivity contribution is -0.146. The quantitative estimate of drug-likeness (QED) is 0.767. The van der Waals surface area contributed by atoms with Crippen molar-refractivity contribution in [1.29, 1.82) is 0 Å². The Balaban J connectivity index is 2.20. The Labute approximate surface area is 112 Å². The lowest BCUT2D eigenvalue weighted by Gasteiger charge is -2.37. The van der Waals surface area contributed by atoms with Crippen LogP contribution in [0.3, 0.4) is 0 Å². The summed E-state index contributed by atoms with van der Waals surface area (Å²) >= 11 is 0. The van der Waals surface area contributed by atoms with E-state index >= 15 is 0 Å². The minimum absolute atomic E-state index is 0.130. The predicted octanol–water partition coefficient (Wildman–Crippen LogP) is 0.762. The van der Waals surface area contributed by atoms with Gasteiger partial charge in [0, 0.05) is 18.6 Å². The summed E-state index contributed by atoms with van der Waals surface area (Å²) in [7, 11) is 0. The van der Waals surface area contributed by atoms with E-state index in [0.29, 0.717) is 13.2 Å². The van der Waals surface area contributed by atoms with Crippen molar-refractivity contribution in [2.75, 3.05) is 13.2 Å². The molecule has 106 valence electrons. The minimum Gasteiger partial charge on any atom is -0.381 e. The number of ether oxygens (including phenoxy) is 1. The molecule has 0 aromatic rings. The van der Waals surface area contributed by atoms with Gasteiger partial charge in [0.15, 0.2) is 0 Å². The lowest BCUT2D eigenvalue weighted by atomic mass is 9.89. The second-order valence-electron chi connectivity index (χ2n) is 5.59. The SMILES string of the molecule is CC(C)C1C(=O)NC(=O)N(C(C)C2CCOC2)C1=O. The third-order valence-corrected chi connectivity index (χ3v) is 3.96. The van der Waals surface area contributed by atoms with Gasteiger partial charge in [0.05, 0.1) is 6.61 Å². The number of hydrogen-bond acceptors (Lipinski definition) is 4. The Bertz CT molecular complexity index is 401. The molecule has 6 heteroatoms. The number of imide groups is 2. The predicted molar refractivity (Wildman–Crippen MR) is 67.1 cm³/mol. The zero-order chi connectivity index (χ0) is 14.2. The summed E-state index contributed by atoms with van der Waals surface area (Å²) in [5.41, 5.74) is 0. The highest BCUT2D eigenvalue weighted by Crippen LogP contribution is 2.26. The highest BCUT2D eigenvalue weighted by Gasteiger charge is 2.45. The fraction of sp³-hybridized carbons (Fsp3) is 0.769. The molecule has 0 bridgehead atoms. The van der Waals surface area contributed by atoms with Gasteiger partial charge >= 0.3 is 6.03 Å². The highest BCUT2D eigenvalue weighted by molar-refractivity contribution is 6.16. The number of carbonyl (C=O) groups is 3. The molecule has 0 radical (unpaired) electrons. The normalized spacial score (nSPS) is 29.9. The van der Waals surface area contributed by atoms with Crippen LogP contribution >= 0.6 is 0 Å². The van der Waals surface area contributed by atoms with Crippen molar-refractivity contribution < 1.29 is 19.1 Å². The van der Waals surface area contributed by atoms with Crippen molar-refractivity contribution >= 4 is 17.8 Å². The number of nitrogens with zero attached hydrogens (tertiary/aromatic N) is 1. The van der Waals surface area contributed by atoms with Crippen molar-refractivity contribution in [3.63, 3.8) is 0 Å². The van der Waals surface area contributed by atoms with E-state index in [1.807, 2.05) is 6.92 Å². The smallest absolute Gasteiger partial charge is 0.331 e. The molecule has 2 heterocycles. The monoisotopic (exact) mass is 268 g/mol. The van der Waals surface area contributed by atoms with Crippen LogP contribution in [-0.4, -0.2) is 42.0 Å². The molecule has 2 saturated heterocycles. The van der Waals surface area contributed by atoms with Gasteiger partial charge in [-0.05, 0) is 19.3 Å². The molecule has 6 nitrogen and oxygen atoms in total. The Hall–Kier alpha value is -1.43. The van der Waals surface area contributed by atoms with Gasteiger partial charge in [-0.1, -0.05) is 13.8 Å². The fourth-order valence-corrected chi connectivity index (χ4v) is 2.72. The number of barbiturate groups is 1. The Kier molecular flexibility index (Phi) is 3.89. The van der Waals surface area contributed by atoms with Crippen LogP contribution in [0.2, 0.25) is 0 Å². The van der Waals surface area contributed by atoms with E-state index in [4.69, 9.17) is 4.74 Å². The van der Waals surface area contributed by atoms with Crippen molar-refractivity contribution in [2.45, 2.75) is 33.2 Å². The van der Waals surface area contributed by atoms with Gasteiger partial charge in [-0.3, -0.25) is 19.8 Å². The van der Waals surface area contributed by atoms with Crippen molar-refractivity contribution in [3.8, 4) is 0 Å². The number of nitrogens with one attached hydrogen (secondary N) is 1. The number of carbonyl (C=O) groups excluding carboxylic acids is 3. The molecule has 3 atom stereocenters. The van der Waals surface area contributed by atoms with Crippen LogP contribution in [0.5, 0.6) is 0 Å².